The third kappa shape index (κ3) is 4.67. The summed E-state index contributed by atoms with van der Waals surface area (Å²) in [7, 11) is 0. The predicted octanol–water partition coefficient (Wildman–Crippen LogP) is 4.37. The van der Waals surface area contributed by atoms with Crippen molar-refractivity contribution in [3.63, 3.8) is 0 Å². The molecule has 33 heavy (non-hydrogen) atoms. The molecule has 2 aromatic rings. The van der Waals surface area contributed by atoms with E-state index >= 15 is 0 Å². The molecule has 1 saturated heterocycles. The summed E-state index contributed by atoms with van der Waals surface area (Å²) in [5.74, 6) is -1.50. The van der Waals surface area contributed by atoms with Gasteiger partial charge in [-0.2, -0.15) is 13.2 Å². The van der Waals surface area contributed by atoms with Gasteiger partial charge >= 0.3 is 6.18 Å². The molecule has 3 atom stereocenters. The van der Waals surface area contributed by atoms with Gasteiger partial charge in [-0.3, -0.25) is 9.78 Å². The summed E-state index contributed by atoms with van der Waals surface area (Å²) in [5, 5.41) is 2.70. The van der Waals surface area contributed by atoms with Crippen LogP contribution in [0.15, 0.2) is 41.5 Å². The number of nitrogens with two attached hydrogens (primary N) is 1. The number of ether oxygens (including phenoxy) is 1. The number of hydrogen-bond donors (Lipinski definition) is 2. The zero-order valence-corrected chi connectivity index (χ0v) is 17.1. The number of carbonyl (C=O) groups excluding carboxylic acids is 1. The van der Waals surface area contributed by atoms with Crippen LogP contribution in [0.4, 0.5) is 27.6 Å². The molecule has 3 heterocycles. The number of amides is 1. The standard InChI is InChI=1S/C20H17F5N4O2S.CH4/c21-6-16-13-8-32-18(26)29-19(13,9-31-16)12-5-11(2-3-14(12)22)28-17(30)15-4-1-10(7-27-15)20(23,24)25;/h1-5,7,13,16H,6,8-9H2,(H2,26,29)(H,28,30);1H4/t13-,16-,19-;/m1./s1. The minimum atomic E-state index is -4.58. The Hall–Kier alpha value is -2.73. The van der Waals surface area contributed by atoms with Gasteiger partial charge in [-0.15, -0.1) is 0 Å². The van der Waals surface area contributed by atoms with Crippen LogP contribution < -0.4 is 11.1 Å². The summed E-state index contributed by atoms with van der Waals surface area (Å²) >= 11 is 1.23. The Kier molecular flexibility index (Phi) is 6.99. The summed E-state index contributed by atoms with van der Waals surface area (Å²) in [6, 6.07) is 5.44. The Labute approximate surface area is 190 Å². The third-order valence-corrected chi connectivity index (χ3v) is 6.38. The summed E-state index contributed by atoms with van der Waals surface area (Å²) in [6.07, 6.45) is -4.79. The maximum Gasteiger partial charge on any atom is 0.417 e. The zero-order valence-electron chi connectivity index (χ0n) is 16.3. The van der Waals surface area contributed by atoms with E-state index in [1.165, 1.54) is 23.9 Å². The van der Waals surface area contributed by atoms with Gasteiger partial charge in [0.1, 0.15) is 23.7 Å². The van der Waals surface area contributed by atoms with Crippen LogP contribution in [0.2, 0.25) is 0 Å². The highest BCUT2D eigenvalue weighted by molar-refractivity contribution is 8.13. The Bertz CT molecular complexity index is 1060. The molecule has 1 aromatic carbocycles. The first kappa shape index (κ1) is 24.9. The number of benzene rings is 1. The first-order chi connectivity index (χ1) is 15.1. The Balaban J connectivity index is 0.00000306. The van der Waals surface area contributed by atoms with Crippen LogP contribution in [0, 0.1) is 11.7 Å². The monoisotopic (exact) mass is 488 g/mol. The maximum absolute atomic E-state index is 14.9. The highest BCUT2D eigenvalue weighted by atomic mass is 32.2. The average Bonchev–Trinajstić information content (AvgIpc) is 3.13. The minimum Gasteiger partial charge on any atom is -0.379 e. The van der Waals surface area contributed by atoms with E-state index in [4.69, 9.17) is 10.5 Å². The Morgan fingerprint density at radius 1 is 1.30 bits per heavy atom. The second-order valence-corrected chi connectivity index (χ2v) is 8.41. The van der Waals surface area contributed by atoms with Gasteiger partial charge in [0.25, 0.3) is 5.91 Å². The zero-order chi connectivity index (χ0) is 23.1. The predicted molar refractivity (Wildman–Crippen MR) is 115 cm³/mol. The van der Waals surface area contributed by atoms with Gasteiger partial charge in [0, 0.05) is 29.1 Å². The normalized spacial score (nSPS) is 24.5. The summed E-state index contributed by atoms with van der Waals surface area (Å²) in [6.45, 7) is -0.845. The fourth-order valence-corrected chi connectivity index (χ4v) is 4.91. The lowest BCUT2D eigenvalue weighted by Crippen LogP contribution is -2.42. The molecular formula is C21H21F5N4O2S. The number of rotatable bonds is 4. The van der Waals surface area contributed by atoms with E-state index in [9.17, 15) is 26.7 Å². The number of aromatic nitrogens is 1. The topological polar surface area (TPSA) is 89.6 Å². The van der Waals surface area contributed by atoms with Gasteiger partial charge in [0.05, 0.1) is 18.3 Å². The molecule has 0 radical (unpaired) electrons. The van der Waals surface area contributed by atoms with Crippen LogP contribution in [0.3, 0.4) is 0 Å². The van der Waals surface area contributed by atoms with Crippen molar-refractivity contribution in [1.29, 1.82) is 0 Å². The van der Waals surface area contributed by atoms with Gasteiger partial charge in [-0.1, -0.05) is 19.2 Å². The van der Waals surface area contributed by atoms with Crippen molar-refractivity contribution >= 4 is 28.5 Å². The van der Waals surface area contributed by atoms with Crippen molar-refractivity contribution < 1.29 is 31.5 Å². The molecule has 6 nitrogen and oxygen atoms in total. The molecule has 2 aliphatic heterocycles. The number of amidine groups is 1. The van der Waals surface area contributed by atoms with E-state index in [0.717, 1.165) is 18.2 Å². The van der Waals surface area contributed by atoms with E-state index in [1.54, 1.807) is 0 Å². The maximum atomic E-state index is 14.9. The first-order valence-corrected chi connectivity index (χ1v) is 10.4. The molecule has 0 saturated carbocycles. The molecule has 1 aromatic heterocycles. The number of anilines is 1. The number of nitrogens with one attached hydrogen (secondary N) is 1. The molecule has 12 heteroatoms. The van der Waals surface area contributed by atoms with E-state index in [1.807, 2.05) is 0 Å². The third-order valence-electron chi connectivity index (χ3n) is 5.47. The van der Waals surface area contributed by atoms with Gasteiger partial charge in [0.15, 0.2) is 5.17 Å². The molecule has 4 rings (SSSR count). The van der Waals surface area contributed by atoms with Crippen LogP contribution in [0.1, 0.15) is 29.0 Å². The van der Waals surface area contributed by atoms with Crippen molar-refractivity contribution in [2.45, 2.75) is 25.2 Å². The van der Waals surface area contributed by atoms with Crippen LogP contribution in [-0.2, 0) is 16.5 Å². The molecule has 0 spiro atoms. The number of thioether (sulfide) groups is 1. The number of aliphatic imine (C=N–C) groups is 1. The van der Waals surface area contributed by atoms with Crippen LogP contribution in [0.25, 0.3) is 0 Å². The number of halogens is 5. The van der Waals surface area contributed by atoms with Crippen LogP contribution in [-0.4, -0.2) is 41.2 Å². The smallest absolute Gasteiger partial charge is 0.379 e. The van der Waals surface area contributed by atoms with E-state index < -0.39 is 47.7 Å². The van der Waals surface area contributed by atoms with Crippen molar-refractivity contribution in [1.82, 2.24) is 4.98 Å². The van der Waals surface area contributed by atoms with Crippen molar-refractivity contribution in [3.05, 3.63) is 59.2 Å². The Morgan fingerprint density at radius 2 is 2.06 bits per heavy atom. The minimum absolute atomic E-state index is 0. The number of nitrogens with zero attached hydrogens (tertiary/aromatic N) is 2. The lowest BCUT2D eigenvalue weighted by Gasteiger charge is -2.35. The largest absolute Gasteiger partial charge is 0.417 e. The quantitative estimate of drug-likeness (QED) is 0.624. The van der Waals surface area contributed by atoms with Crippen molar-refractivity contribution in [2.24, 2.45) is 16.6 Å². The molecule has 0 unspecified atom stereocenters. The Morgan fingerprint density at radius 3 is 2.70 bits per heavy atom. The SMILES string of the molecule is C.NC1=N[C@@]2(c3cc(NC(=O)c4ccc(C(F)(F)F)cn4)ccc3F)CO[C@H](CF)[C@H]2CS1. The van der Waals surface area contributed by atoms with Gasteiger partial charge in [-0.05, 0) is 30.3 Å². The highest BCUT2D eigenvalue weighted by Gasteiger charge is 2.54. The molecule has 1 fully saturated rings. The molecule has 0 bridgehead atoms. The van der Waals surface area contributed by atoms with Crippen LogP contribution >= 0.6 is 11.8 Å². The van der Waals surface area contributed by atoms with Crippen molar-refractivity contribution in [3.8, 4) is 0 Å². The van der Waals surface area contributed by atoms with E-state index in [0.29, 0.717) is 11.9 Å². The summed E-state index contributed by atoms with van der Waals surface area (Å²) < 4.78 is 71.9. The number of pyridine rings is 1. The number of alkyl halides is 4. The number of fused-ring (bicyclic) bond motifs is 1. The second kappa shape index (κ2) is 9.26. The second-order valence-electron chi connectivity index (χ2n) is 7.37. The molecule has 2 aliphatic rings. The number of carbonyl (C=O) groups is 1. The van der Waals surface area contributed by atoms with Gasteiger partial charge < -0.3 is 15.8 Å². The molecule has 3 N–H and O–H groups in total. The highest BCUT2D eigenvalue weighted by Crippen LogP contribution is 2.48. The fraction of sp³-hybridized carbons (Fsp3) is 0.381. The lowest BCUT2D eigenvalue weighted by atomic mass is 9.79. The summed E-state index contributed by atoms with van der Waals surface area (Å²) in [4.78, 5) is 20.4. The lowest BCUT2D eigenvalue weighted by molar-refractivity contribution is -0.137. The molecule has 1 amide bonds. The average molecular weight is 488 g/mol. The molecule has 0 aliphatic carbocycles. The first-order valence-electron chi connectivity index (χ1n) is 9.44. The van der Waals surface area contributed by atoms with Gasteiger partial charge in [-0.25, -0.2) is 13.8 Å². The number of hydrogen-bond acceptors (Lipinski definition) is 6. The fourth-order valence-electron chi connectivity index (χ4n) is 3.84. The van der Waals surface area contributed by atoms with E-state index in [-0.39, 0.29) is 36.1 Å². The molecule has 178 valence electrons. The van der Waals surface area contributed by atoms with E-state index in [2.05, 4.69) is 15.3 Å². The summed E-state index contributed by atoms with van der Waals surface area (Å²) in [5.41, 5.74) is 3.63. The van der Waals surface area contributed by atoms with Gasteiger partial charge in [0.2, 0.25) is 0 Å². The van der Waals surface area contributed by atoms with Crippen molar-refractivity contribution in [2.75, 3.05) is 24.4 Å². The molecular weight excluding hydrogens is 467 g/mol. The van der Waals surface area contributed by atoms with Crippen LogP contribution in [0.5, 0.6) is 0 Å².